The Balaban J connectivity index is 1.61. The molecule has 158 valence electrons. The summed E-state index contributed by atoms with van der Waals surface area (Å²) in [6.07, 6.45) is 1.66. The Kier molecular flexibility index (Phi) is 6.30. The van der Waals surface area contributed by atoms with Gasteiger partial charge in [-0.1, -0.05) is 30.0 Å². The van der Waals surface area contributed by atoms with E-state index in [1.807, 2.05) is 10.8 Å². The van der Waals surface area contributed by atoms with Crippen LogP contribution in [0.5, 0.6) is 0 Å². The highest BCUT2D eigenvalue weighted by Crippen LogP contribution is 2.32. The molecule has 0 N–H and O–H groups in total. The molecule has 4 rings (SSSR count). The molecule has 0 radical (unpaired) electrons. The molecule has 0 bridgehead atoms. The number of thiophene rings is 1. The van der Waals surface area contributed by atoms with Gasteiger partial charge in [0.1, 0.15) is 10.6 Å². The van der Waals surface area contributed by atoms with E-state index < -0.39 is 5.82 Å². The van der Waals surface area contributed by atoms with Crippen LogP contribution in [0.2, 0.25) is 0 Å². The lowest BCUT2D eigenvalue weighted by molar-refractivity contribution is -0.115. The summed E-state index contributed by atoms with van der Waals surface area (Å²) >= 11 is 4.06. The minimum absolute atomic E-state index is 0.102. The van der Waals surface area contributed by atoms with Gasteiger partial charge in [-0.2, -0.15) is 0 Å². The number of carbonyl (C=O) groups excluding carboxylic acids is 1. The summed E-state index contributed by atoms with van der Waals surface area (Å²) in [5.74, 6) is -0.381. The first kappa shape index (κ1) is 21.4. The molecule has 3 aromatic heterocycles. The van der Waals surface area contributed by atoms with Crippen molar-refractivity contribution in [1.29, 1.82) is 0 Å². The molecule has 1 aromatic carbocycles. The topological polar surface area (TPSA) is 68.1 Å². The number of allylic oxidation sites excluding steroid dienone is 1. The summed E-state index contributed by atoms with van der Waals surface area (Å²) in [7, 11) is 0. The molecule has 0 aliphatic rings. The zero-order chi connectivity index (χ0) is 22.0. The maximum Gasteiger partial charge on any atom is 0.263 e. The Bertz CT molecular complexity index is 1330. The van der Waals surface area contributed by atoms with Crippen molar-refractivity contribution in [3.05, 3.63) is 75.6 Å². The fourth-order valence-corrected chi connectivity index (χ4v) is 5.67. The molecule has 0 aliphatic carbocycles. The molecule has 1 amide bonds. The zero-order valence-corrected chi connectivity index (χ0v) is 18.9. The molecule has 0 unspecified atom stereocenters. The van der Waals surface area contributed by atoms with E-state index >= 15 is 0 Å². The van der Waals surface area contributed by atoms with Gasteiger partial charge in [-0.05, 0) is 23.6 Å². The van der Waals surface area contributed by atoms with E-state index in [9.17, 15) is 14.0 Å². The van der Waals surface area contributed by atoms with Gasteiger partial charge in [-0.15, -0.1) is 29.3 Å². The number of nitrogens with zero attached hydrogens (tertiary/aromatic N) is 4. The third-order valence-electron chi connectivity index (χ3n) is 4.35. The lowest BCUT2D eigenvalue weighted by Crippen LogP contribution is -2.23. The molecule has 0 saturated carbocycles. The Hall–Kier alpha value is -2.82. The van der Waals surface area contributed by atoms with Gasteiger partial charge in [0.15, 0.2) is 10.3 Å². The summed E-state index contributed by atoms with van der Waals surface area (Å²) < 4.78 is 15.8. The van der Waals surface area contributed by atoms with Gasteiger partial charge in [-0.3, -0.25) is 19.1 Å². The number of aromatic nitrogens is 3. The van der Waals surface area contributed by atoms with Gasteiger partial charge in [0, 0.05) is 24.6 Å². The molecular weight excluding hydrogens is 455 g/mol. The maximum absolute atomic E-state index is 14.2. The number of anilines is 2. The maximum atomic E-state index is 14.2. The molecule has 4 aromatic rings. The van der Waals surface area contributed by atoms with E-state index in [0.717, 1.165) is 0 Å². The standard InChI is InChI=1S/C21H17FN4O2S3/c1-3-9-25-19(28)15-8-10-29-18(15)24-20(25)30-11-14-12-31-21(23-14)26(13(2)27)17-7-5-4-6-16(17)22/h3-8,10,12H,1,9,11H2,2H3. The number of halogens is 1. The average molecular weight is 473 g/mol. The number of amides is 1. The van der Waals surface area contributed by atoms with Crippen LogP contribution in [0.25, 0.3) is 10.2 Å². The van der Waals surface area contributed by atoms with Crippen LogP contribution in [0.4, 0.5) is 15.2 Å². The Morgan fingerprint density at radius 2 is 2.10 bits per heavy atom. The van der Waals surface area contributed by atoms with E-state index in [4.69, 9.17) is 0 Å². The van der Waals surface area contributed by atoms with Gasteiger partial charge in [0.05, 0.1) is 16.8 Å². The van der Waals surface area contributed by atoms with Gasteiger partial charge < -0.3 is 0 Å². The molecule has 0 fully saturated rings. The van der Waals surface area contributed by atoms with Crippen molar-refractivity contribution < 1.29 is 9.18 Å². The van der Waals surface area contributed by atoms with Crippen LogP contribution in [0.3, 0.4) is 0 Å². The third kappa shape index (κ3) is 4.32. The lowest BCUT2D eigenvalue weighted by Gasteiger charge is -2.18. The fraction of sp³-hybridized carbons (Fsp3) is 0.143. The molecule has 0 spiro atoms. The highest BCUT2D eigenvalue weighted by Gasteiger charge is 2.21. The predicted molar refractivity (Wildman–Crippen MR) is 125 cm³/mol. The average Bonchev–Trinajstić information content (AvgIpc) is 3.40. The van der Waals surface area contributed by atoms with Crippen LogP contribution in [-0.2, 0) is 17.1 Å². The first-order valence-electron chi connectivity index (χ1n) is 9.21. The molecular formula is C21H17FN4O2S3. The first-order chi connectivity index (χ1) is 15.0. The third-order valence-corrected chi connectivity index (χ3v) is 7.04. The highest BCUT2D eigenvalue weighted by molar-refractivity contribution is 7.98. The van der Waals surface area contributed by atoms with Crippen LogP contribution >= 0.6 is 34.4 Å². The summed E-state index contributed by atoms with van der Waals surface area (Å²) in [5.41, 5.74) is 0.765. The molecule has 0 saturated heterocycles. The summed E-state index contributed by atoms with van der Waals surface area (Å²) in [6.45, 7) is 5.45. The normalized spacial score (nSPS) is 11.0. The van der Waals surface area contributed by atoms with Gasteiger partial charge >= 0.3 is 0 Å². The monoisotopic (exact) mass is 472 g/mol. The second-order valence-electron chi connectivity index (χ2n) is 6.45. The summed E-state index contributed by atoms with van der Waals surface area (Å²) in [5, 5.41) is 5.22. The number of thioether (sulfide) groups is 1. The van der Waals surface area contributed by atoms with E-state index in [-0.39, 0.29) is 17.2 Å². The lowest BCUT2D eigenvalue weighted by atomic mass is 10.3. The number of para-hydroxylation sites is 1. The minimum Gasteiger partial charge on any atom is -0.283 e. The van der Waals surface area contributed by atoms with Crippen molar-refractivity contribution in [2.45, 2.75) is 24.4 Å². The van der Waals surface area contributed by atoms with E-state index in [2.05, 4.69) is 16.5 Å². The molecule has 3 heterocycles. The number of fused-ring (bicyclic) bond motifs is 1. The number of carbonyl (C=O) groups is 1. The largest absolute Gasteiger partial charge is 0.283 e. The van der Waals surface area contributed by atoms with Crippen LogP contribution < -0.4 is 10.5 Å². The SMILES string of the molecule is C=CCn1c(SCc2csc(N(C(C)=O)c3ccccc3F)n2)nc2sccc2c1=O. The number of rotatable bonds is 7. The minimum atomic E-state index is -0.495. The van der Waals surface area contributed by atoms with Crippen molar-refractivity contribution in [2.75, 3.05) is 4.90 Å². The molecule has 10 heteroatoms. The highest BCUT2D eigenvalue weighted by atomic mass is 32.2. The first-order valence-corrected chi connectivity index (χ1v) is 12.0. The van der Waals surface area contributed by atoms with Gasteiger partial charge in [-0.25, -0.2) is 14.4 Å². The van der Waals surface area contributed by atoms with Crippen molar-refractivity contribution in [2.24, 2.45) is 0 Å². The number of hydrogen-bond acceptors (Lipinski definition) is 7. The van der Waals surface area contributed by atoms with Crippen molar-refractivity contribution in [1.82, 2.24) is 14.5 Å². The van der Waals surface area contributed by atoms with E-state index in [0.29, 0.717) is 38.5 Å². The quantitative estimate of drug-likeness (QED) is 0.210. The fourth-order valence-electron chi connectivity index (χ4n) is 2.97. The van der Waals surface area contributed by atoms with Gasteiger partial charge in [0.25, 0.3) is 5.56 Å². The number of hydrogen-bond donors (Lipinski definition) is 0. The van der Waals surface area contributed by atoms with Crippen molar-refractivity contribution >= 4 is 61.4 Å². The van der Waals surface area contributed by atoms with E-state index in [1.165, 1.54) is 52.3 Å². The van der Waals surface area contributed by atoms with Crippen LogP contribution in [0.15, 0.2) is 63.7 Å². The second-order valence-corrected chi connectivity index (χ2v) is 9.13. The van der Waals surface area contributed by atoms with Gasteiger partial charge in [0.2, 0.25) is 5.91 Å². The zero-order valence-electron chi connectivity index (χ0n) is 16.4. The van der Waals surface area contributed by atoms with Crippen molar-refractivity contribution in [3.63, 3.8) is 0 Å². The van der Waals surface area contributed by atoms with Crippen LogP contribution in [0, 0.1) is 5.82 Å². The molecule has 31 heavy (non-hydrogen) atoms. The van der Waals surface area contributed by atoms with Crippen LogP contribution in [-0.4, -0.2) is 20.4 Å². The number of benzene rings is 1. The Labute approximate surface area is 189 Å². The van der Waals surface area contributed by atoms with E-state index in [1.54, 1.807) is 34.9 Å². The summed E-state index contributed by atoms with van der Waals surface area (Å²) in [6, 6.07) is 7.86. The number of thiazole rings is 1. The van der Waals surface area contributed by atoms with Crippen LogP contribution in [0.1, 0.15) is 12.6 Å². The smallest absolute Gasteiger partial charge is 0.263 e. The molecule has 6 nitrogen and oxygen atoms in total. The Morgan fingerprint density at radius 1 is 1.29 bits per heavy atom. The second kappa shape index (κ2) is 9.13. The van der Waals surface area contributed by atoms with Crippen molar-refractivity contribution in [3.8, 4) is 0 Å². The Morgan fingerprint density at radius 3 is 2.84 bits per heavy atom. The summed E-state index contributed by atoms with van der Waals surface area (Å²) in [4.78, 5) is 36.0. The molecule has 0 aliphatic heterocycles. The predicted octanol–water partition coefficient (Wildman–Crippen LogP) is 5.22. The molecule has 0 atom stereocenters.